The first-order chi connectivity index (χ1) is 15.0. The third-order valence-electron chi connectivity index (χ3n) is 5.33. The molecular formula is C24H22F2N2O3. The van der Waals surface area contributed by atoms with E-state index < -0.39 is 11.6 Å². The molecule has 1 aliphatic rings. The monoisotopic (exact) mass is 424 g/mol. The third-order valence-corrected chi connectivity index (χ3v) is 5.33. The summed E-state index contributed by atoms with van der Waals surface area (Å²) >= 11 is 0. The molecule has 4 rings (SSSR count). The van der Waals surface area contributed by atoms with Crippen LogP contribution < -0.4 is 15.0 Å². The van der Waals surface area contributed by atoms with Crippen LogP contribution in [0.2, 0.25) is 0 Å². The average Bonchev–Trinajstić information content (AvgIpc) is 2.76. The molecule has 0 aliphatic carbocycles. The maximum absolute atomic E-state index is 14.0. The highest BCUT2D eigenvalue weighted by atomic mass is 19.2. The number of carbonyl (C=O) groups is 2. The van der Waals surface area contributed by atoms with Crippen molar-refractivity contribution in [2.45, 2.75) is 32.2 Å². The van der Waals surface area contributed by atoms with Gasteiger partial charge in [-0.05, 0) is 36.9 Å². The molecule has 0 radical (unpaired) electrons. The molecule has 3 aromatic carbocycles. The molecule has 160 valence electrons. The van der Waals surface area contributed by atoms with Gasteiger partial charge in [0.05, 0.1) is 11.7 Å². The van der Waals surface area contributed by atoms with Crippen molar-refractivity contribution in [3.8, 4) is 5.75 Å². The van der Waals surface area contributed by atoms with Crippen molar-refractivity contribution in [1.82, 2.24) is 0 Å². The number of nitrogens with one attached hydrogen (secondary N) is 1. The van der Waals surface area contributed by atoms with E-state index in [9.17, 15) is 18.4 Å². The molecule has 2 amide bonds. The number of anilines is 2. The number of amides is 2. The number of fused-ring (bicyclic) bond motifs is 2. The van der Waals surface area contributed by atoms with Gasteiger partial charge in [-0.25, -0.2) is 4.39 Å². The topological polar surface area (TPSA) is 58.6 Å². The lowest BCUT2D eigenvalue weighted by Crippen LogP contribution is -2.45. The summed E-state index contributed by atoms with van der Waals surface area (Å²) in [7, 11) is 0. The molecule has 31 heavy (non-hydrogen) atoms. The van der Waals surface area contributed by atoms with Gasteiger partial charge in [0.2, 0.25) is 17.6 Å². The standard InChI is InChI=1S/C24H22F2N2O3/c1-15-14-31-24-20(13-12-18(25)23(24)26)28(15)22(30)11-5-10-21(29)27-19-9-4-7-16-6-2-3-8-17(16)19/h2-4,6-9,12-13,15H,5,10-11,14H2,1H3,(H,27,29)/t15-/m0/s1. The molecule has 0 fully saturated rings. The minimum Gasteiger partial charge on any atom is -0.486 e. The van der Waals surface area contributed by atoms with Crippen LogP contribution in [0.3, 0.4) is 0 Å². The van der Waals surface area contributed by atoms with Crippen molar-refractivity contribution < 1.29 is 23.1 Å². The number of rotatable bonds is 5. The molecule has 0 unspecified atom stereocenters. The van der Waals surface area contributed by atoms with Gasteiger partial charge in [-0.3, -0.25) is 9.59 Å². The summed E-state index contributed by atoms with van der Waals surface area (Å²) in [5, 5.41) is 4.87. The summed E-state index contributed by atoms with van der Waals surface area (Å²) < 4.78 is 32.8. The molecule has 0 spiro atoms. The molecule has 1 aliphatic heterocycles. The Hall–Kier alpha value is -3.48. The maximum Gasteiger partial charge on any atom is 0.227 e. The minimum atomic E-state index is -1.10. The summed E-state index contributed by atoms with van der Waals surface area (Å²) in [6.07, 6.45) is 0.600. The Balaban J connectivity index is 1.38. The minimum absolute atomic E-state index is 0.0701. The molecule has 0 saturated carbocycles. The second-order valence-corrected chi connectivity index (χ2v) is 7.56. The lowest BCUT2D eigenvalue weighted by Gasteiger charge is -2.35. The first-order valence-corrected chi connectivity index (χ1v) is 10.2. The molecule has 7 heteroatoms. The van der Waals surface area contributed by atoms with Crippen LogP contribution in [0.1, 0.15) is 26.2 Å². The highest BCUT2D eigenvalue weighted by molar-refractivity contribution is 6.02. The van der Waals surface area contributed by atoms with Crippen LogP contribution in [0.5, 0.6) is 5.75 Å². The molecule has 0 bridgehead atoms. The zero-order valence-electron chi connectivity index (χ0n) is 17.0. The zero-order chi connectivity index (χ0) is 22.0. The molecule has 3 aromatic rings. The first kappa shape index (κ1) is 20.8. The van der Waals surface area contributed by atoms with E-state index in [0.29, 0.717) is 6.42 Å². The quantitative estimate of drug-likeness (QED) is 0.624. The van der Waals surface area contributed by atoms with Crippen LogP contribution in [-0.2, 0) is 9.59 Å². The van der Waals surface area contributed by atoms with Gasteiger partial charge < -0.3 is 15.0 Å². The van der Waals surface area contributed by atoms with Crippen LogP contribution in [-0.4, -0.2) is 24.5 Å². The van der Waals surface area contributed by atoms with Crippen molar-refractivity contribution in [1.29, 1.82) is 0 Å². The summed E-state index contributed by atoms with van der Waals surface area (Å²) in [4.78, 5) is 26.6. The summed E-state index contributed by atoms with van der Waals surface area (Å²) in [5.74, 6) is -2.82. The number of ether oxygens (including phenoxy) is 1. The SMILES string of the molecule is C[C@H]1COc2c(ccc(F)c2F)N1C(=O)CCCC(=O)Nc1cccc2ccccc12. The molecule has 0 saturated heterocycles. The fourth-order valence-corrected chi connectivity index (χ4v) is 3.81. The van der Waals surface area contributed by atoms with Gasteiger partial charge in [-0.2, -0.15) is 4.39 Å². The highest BCUT2D eigenvalue weighted by Gasteiger charge is 2.32. The van der Waals surface area contributed by atoms with Gasteiger partial charge in [0.15, 0.2) is 11.6 Å². The van der Waals surface area contributed by atoms with E-state index in [1.807, 2.05) is 42.5 Å². The van der Waals surface area contributed by atoms with Gasteiger partial charge in [0, 0.05) is 23.9 Å². The smallest absolute Gasteiger partial charge is 0.227 e. The van der Waals surface area contributed by atoms with Crippen LogP contribution in [0.15, 0.2) is 54.6 Å². The highest BCUT2D eigenvalue weighted by Crippen LogP contribution is 2.37. The Morgan fingerprint density at radius 3 is 2.68 bits per heavy atom. The summed E-state index contributed by atoms with van der Waals surface area (Å²) in [5.41, 5.74) is 0.936. The Morgan fingerprint density at radius 1 is 1.06 bits per heavy atom. The Kier molecular flexibility index (Phi) is 5.84. The normalized spacial score (nSPS) is 15.3. The van der Waals surface area contributed by atoms with Crippen LogP contribution >= 0.6 is 0 Å². The third kappa shape index (κ3) is 4.21. The first-order valence-electron chi connectivity index (χ1n) is 10.2. The van der Waals surface area contributed by atoms with E-state index in [2.05, 4.69) is 5.32 Å². The van der Waals surface area contributed by atoms with Crippen LogP contribution in [0.4, 0.5) is 20.2 Å². The Labute approximate surface area is 178 Å². The van der Waals surface area contributed by atoms with E-state index in [1.165, 1.54) is 11.0 Å². The number of carbonyl (C=O) groups excluding carboxylic acids is 2. The lowest BCUT2D eigenvalue weighted by molar-refractivity contribution is -0.119. The predicted molar refractivity (Wildman–Crippen MR) is 115 cm³/mol. The lowest BCUT2D eigenvalue weighted by atomic mass is 10.1. The van der Waals surface area contributed by atoms with E-state index in [0.717, 1.165) is 22.5 Å². The second-order valence-electron chi connectivity index (χ2n) is 7.56. The second kappa shape index (κ2) is 8.71. The molecular weight excluding hydrogens is 402 g/mol. The van der Waals surface area contributed by atoms with Crippen molar-refractivity contribution in [2.75, 3.05) is 16.8 Å². The Morgan fingerprint density at radius 2 is 1.84 bits per heavy atom. The van der Waals surface area contributed by atoms with Gasteiger partial charge in [0.25, 0.3) is 0 Å². The summed E-state index contributed by atoms with van der Waals surface area (Å²) in [6, 6.07) is 15.4. The molecule has 0 aromatic heterocycles. The van der Waals surface area contributed by atoms with Gasteiger partial charge in [0.1, 0.15) is 6.61 Å². The van der Waals surface area contributed by atoms with Gasteiger partial charge >= 0.3 is 0 Å². The predicted octanol–water partition coefficient (Wildman–Crippen LogP) is 5.04. The zero-order valence-corrected chi connectivity index (χ0v) is 17.0. The van der Waals surface area contributed by atoms with E-state index in [-0.39, 0.29) is 48.7 Å². The van der Waals surface area contributed by atoms with Crippen molar-refractivity contribution >= 4 is 34.0 Å². The molecule has 1 atom stereocenters. The van der Waals surface area contributed by atoms with Crippen molar-refractivity contribution in [3.63, 3.8) is 0 Å². The van der Waals surface area contributed by atoms with E-state index in [4.69, 9.17) is 4.74 Å². The van der Waals surface area contributed by atoms with E-state index in [1.54, 1.807) is 6.92 Å². The van der Waals surface area contributed by atoms with Crippen molar-refractivity contribution in [2.24, 2.45) is 0 Å². The summed E-state index contributed by atoms with van der Waals surface area (Å²) in [6.45, 7) is 1.84. The fraction of sp³-hybridized carbons (Fsp3) is 0.250. The molecule has 1 N–H and O–H groups in total. The van der Waals surface area contributed by atoms with Crippen LogP contribution in [0, 0.1) is 11.6 Å². The van der Waals surface area contributed by atoms with Gasteiger partial charge in [-0.15, -0.1) is 0 Å². The largest absolute Gasteiger partial charge is 0.486 e. The number of hydrogen-bond donors (Lipinski definition) is 1. The van der Waals surface area contributed by atoms with Crippen molar-refractivity contribution in [3.05, 3.63) is 66.2 Å². The van der Waals surface area contributed by atoms with E-state index >= 15 is 0 Å². The molecule has 1 heterocycles. The fourth-order valence-electron chi connectivity index (χ4n) is 3.81. The number of nitrogens with zero attached hydrogens (tertiary/aromatic N) is 1. The Bertz CT molecular complexity index is 1140. The van der Waals surface area contributed by atoms with Gasteiger partial charge in [-0.1, -0.05) is 36.4 Å². The van der Waals surface area contributed by atoms with Crippen LogP contribution in [0.25, 0.3) is 10.8 Å². The molecule has 5 nitrogen and oxygen atoms in total. The number of benzene rings is 3. The number of halogens is 2. The average molecular weight is 424 g/mol. The maximum atomic E-state index is 14.0. The number of hydrogen-bond acceptors (Lipinski definition) is 3.